The molecule has 138 valence electrons. The van der Waals surface area contributed by atoms with Crippen LogP contribution in [0.5, 0.6) is 0 Å². The van der Waals surface area contributed by atoms with Gasteiger partial charge in [-0.15, -0.1) is 0 Å². The van der Waals surface area contributed by atoms with Crippen molar-refractivity contribution in [2.45, 2.75) is 45.6 Å². The Hall–Kier alpha value is -2.37. The molecule has 0 spiro atoms. The summed E-state index contributed by atoms with van der Waals surface area (Å²) < 4.78 is 5.50. The van der Waals surface area contributed by atoms with Gasteiger partial charge in [-0.1, -0.05) is 54.6 Å². The predicted molar refractivity (Wildman–Crippen MR) is 98.1 cm³/mol. The molecule has 0 saturated carbocycles. The Morgan fingerprint density at radius 2 is 1.77 bits per heavy atom. The van der Waals surface area contributed by atoms with Gasteiger partial charge in [-0.25, -0.2) is 14.6 Å². The summed E-state index contributed by atoms with van der Waals surface area (Å²) in [6, 6.07) is 17.6. The van der Waals surface area contributed by atoms with Gasteiger partial charge >= 0.3 is 6.09 Å². The zero-order valence-electron chi connectivity index (χ0n) is 15.5. The predicted octanol–water partition coefficient (Wildman–Crippen LogP) is 4.63. The molecule has 0 N–H and O–H groups in total. The first-order chi connectivity index (χ1) is 12.4. The van der Waals surface area contributed by atoms with E-state index in [4.69, 9.17) is 14.5 Å². The molecule has 1 aliphatic heterocycles. The minimum absolute atomic E-state index is 0.227. The molecule has 1 aliphatic rings. The van der Waals surface area contributed by atoms with Crippen molar-refractivity contribution in [3.63, 3.8) is 0 Å². The van der Waals surface area contributed by atoms with Crippen LogP contribution in [0.15, 0.2) is 54.6 Å². The minimum atomic E-state index is -0.623. The summed E-state index contributed by atoms with van der Waals surface area (Å²) in [5.74, 6) is 0. The van der Waals surface area contributed by atoms with Crippen LogP contribution in [-0.4, -0.2) is 23.1 Å². The number of benzene rings is 2. The van der Waals surface area contributed by atoms with Crippen LogP contribution in [0.2, 0.25) is 0 Å². The van der Waals surface area contributed by atoms with E-state index < -0.39 is 17.9 Å². The summed E-state index contributed by atoms with van der Waals surface area (Å²) in [6.45, 7) is 6.45. The largest absolute Gasteiger partial charge is 0.444 e. The lowest BCUT2D eigenvalue weighted by Crippen LogP contribution is -2.42. The number of rotatable bonds is 4. The van der Waals surface area contributed by atoms with Crippen LogP contribution in [0, 0.1) is 0 Å². The van der Waals surface area contributed by atoms with Crippen molar-refractivity contribution < 1.29 is 19.3 Å². The van der Waals surface area contributed by atoms with Gasteiger partial charge in [-0.2, -0.15) is 0 Å². The third-order valence-corrected chi connectivity index (χ3v) is 4.06. The second kappa shape index (κ2) is 7.89. The highest BCUT2D eigenvalue weighted by Gasteiger charge is 2.34. The highest BCUT2D eigenvalue weighted by molar-refractivity contribution is 5.68. The summed E-state index contributed by atoms with van der Waals surface area (Å²) in [5.41, 5.74) is 2.55. The zero-order valence-corrected chi connectivity index (χ0v) is 15.5. The van der Waals surface area contributed by atoms with E-state index in [-0.39, 0.29) is 6.61 Å². The molecule has 0 aromatic heterocycles. The van der Waals surface area contributed by atoms with Crippen LogP contribution in [-0.2, 0) is 27.5 Å². The topological polar surface area (TPSA) is 48.0 Å². The smallest absolute Gasteiger partial charge is 0.412 e. The van der Waals surface area contributed by atoms with Gasteiger partial charge in [0.15, 0.2) is 6.23 Å². The quantitative estimate of drug-likeness (QED) is 0.593. The van der Waals surface area contributed by atoms with Gasteiger partial charge in [-0.05, 0) is 38.3 Å². The molecule has 0 saturated heterocycles. The second-order valence-corrected chi connectivity index (χ2v) is 7.33. The Kier molecular flexibility index (Phi) is 5.59. The van der Waals surface area contributed by atoms with Gasteiger partial charge in [-0.3, -0.25) is 4.90 Å². The van der Waals surface area contributed by atoms with E-state index in [1.165, 1.54) is 0 Å². The average molecular weight is 355 g/mol. The molecule has 2 aromatic carbocycles. The Bertz CT molecular complexity index is 739. The fourth-order valence-corrected chi connectivity index (χ4v) is 2.81. The molecule has 5 heteroatoms. The van der Waals surface area contributed by atoms with E-state index >= 15 is 0 Å². The molecule has 26 heavy (non-hydrogen) atoms. The van der Waals surface area contributed by atoms with Crippen LogP contribution in [0.3, 0.4) is 0 Å². The van der Waals surface area contributed by atoms with Crippen molar-refractivity contribution in [2.24, 2.45) is 0 Å². The number of carbonyl (C=O) groups excluding carboxylic acids is 1. The van der Waals surface area contributed by atoms with Gasteiger partial charge in [0.1, 0.15) is 6.61 Å². The second-order valence-electron chi connectivity index (χ2n) is 7.33. The van der Waals surface area contributed by atoms with Gasteiger partial charge < -0.3 is 4.74 Å². The van der Waals surface area contributed by atoms with Crippen molar-refractivity contribution in [3.8, 4) is 0 Å². The molecular formula is C21H25NO4. The first-order valence-corrected chi connectivity index (χ1v) is 8.84. The third kappa shape index (κ3) is 4.62. The average Bonchev–Trinajstić information content (AvgIpc) is 2.64. The molecule has 0 radical (unpaired) electrons. The fraction of sp³-hybridized carbons (Fsp3) is 0.381. The molecule has 1 atom stereocenters. The van der Waals surface area contributed by atoms with Crippen molar-refractivity contribution >= 4 is 6.09 Å². The van der Waals surface area contributed by atoms with Crippen molar-refractivity contribution in [1.82, 2.24) is 4.90 Å². The van der Waals surface area contributed by atoms with Crippen LogP contribution >= 0.6 is 0 Å². The Balaban J connectivity index is 1.74. The van der Waals surface area contributed by atoms with E-state index in [0.717, 1.165) is 23.1 Å². The van der Waals surface area contributed by atoms with E-state index in [1.807, 2.05) is 69.3 Å². The molecule has 1 amide bonds. The van der Waals surface area contributed by atoms with Crippen LogP contribution in [0.1, 0.15) is 43.7 Å². The standard InChI is InChI=1S/C21H25NO4/c1-21(2,3)26-25-19-18-12-8-7-11-17(18)13-14-22(19)20(23)24-15-16-9-5-4-6-10-16/h4-12,19H,13-15H2,1-3H3. The highest BCUT2D eigenvalue weighted by atomic mass is 17.2. The fourth-order valence-electron chi connectivity index (χ4n) is 2.81. The summed E-state index contributed by atoms with van der Waals surface area (Å²) in [4.78, 5) is 25.5. The first kappa shape index (κ1) is 18.4. The number of hydrogen-bond donors (Lipinski definition) is 0. The molecule has 0 bridgehead atoms. The lowest BCUT2D eigenvalue weighted by atomic mass is 9.98. The maximum absolute atomic E-state index is 12.7. The molecule has 3 rings (SSSR count). The molecule has 0 aliphatic carbocycles. The Morgan fingerprint density at radius 1 is 1.08 bits per heavy atom. The van der Waals surface area contributed by atoms with Crippen molar-refractivity contribution in [1.29, 1.82) is 0 Å². The summed E-state index contributed by atoms with van der Waals surface area (Å²) in [7, 11) is 0. The van der Waals surface area contributed by atoms with E-state index in [9.17, 15) is 4.79 Å². The van der Waals surface area contributed by atoms with Gasteiger partial charge in [0.25, 0.3) is 0 Å². The highest BCUT2D eigenvalue weighted by Crippen LogP contribution is 2.32. The van der Waals surface area contributed by atoms with Gasteiger partial charge in [0, 0.05) is 12.1 Å². The number of carbonyl (C=O) groups is 1. The number of ether oxygens (including phenoxy) is 1. The van der Waals surface area contributed by atoms with Crippen molar-refractivity contribution in [3.05, 3.63) is 71.3 Å². The molecule has 1 unspecified atom stereocenters. The van der Waals surface area contributed by atoms with Crippen molar-refractivity contribution in [2.75, 3.05) is 6.54 Å². The van der Waals surface area contributed by atoms with E-state index in [0.29, 0.717) is 6.54 Å². The molecule has 5 nitrogen and oxygen atoms in total. The third-order valence-electron chi connectivity index (χ3n) is 4.06. The molecule has 1 heterocycles. The maximum atomic E-state index is 12.7. The molecule has 2 aromatic rings. The molecular weight excluding hydrogens is 330 g/mol. The van der Waals surface area contributed by atoms with Gasteiger partial charge in [0.2, 0.25) is 0 Å². The maximum Gasteiger partial charge on any atom is 0.412 e. The summed E-state index contributed by atoms with van der Waals surface area (Å²) in [6.07, 6.45) is -0.278. The monoisotopic (exact) mass is 355 g/mol. The SMILES string of the molecule is CC(C)(C)OOC1c2ccccc2CCN1C(=O)OCc1ccccc1. The van der Waals surface area contributed by atoms with Crippen LogP contribution in [0.25, 0.3) is 0 Å². The number of amides is 1. The Labute approximate surface area is 154 Å². The number of fused-ring (bicyclic) bond motifs is 1. The van der Waals surface area contributed by atoms with Gasteiger partial charge in [0.05, 0.1) is 5.60 Å². The zero-order chi connectivity index (χ0) is 18.6. The van der Waals surface area contributed by atoms with E-state index in [2.05, 4.69) is 6.07 Å². The minimum Gasteiger partial charge on any atom is -0.444 e. The molecule has 0 fully saturated rings. The van der Waals surface area contributed by atoms with Crippen LogP contribution < -0.4 is 0 Å². The number of nitrogens with zero attached hydrogens (tertiary/aromatic N) is 1. The lowest BCUT2D eigenvalue weighted by Gasteiger charge is -2.36. The summed E-state index contributed by atoms with van der Waals surface area (Å²) >= 11 is 0. The van der Waals surface area contributed by atoms with Crippen LogP contribution in [0.4, 0.5) is 4.79 Å². The normalized spacial score (nSPS) is 16.9. The summed E-state index contributed by atoms with van der Waals surface area (Å²) in [5, 5.41) is 0. The first-order valence-electron chi connectivity index (χ1n) is 8.84. The Morgan fingerprint density at radius 3 is 2.50 bits per heavy atom. The lowest BCUT2D eigenvalue weighted by molar-refractivity contribution is -0.395. The van der Waals surface area contributed by atoms with E-state index in [1.54, 1.807) is 4.90 Å². The number of hydrogen-bond acceptors (Lipinski definition) is 4.